The molecule has 0 aliphatic rings. The van der Waals surface area contributed by atoms with Crippen molar-refractivity contribution in [2.75, 3.05) is 39.8 Å². The summed E-state index contributed by atoms with van der Waals surface area (Å²) in [6.45, 7) is 2.36. The van der Waals surface area contributed by atoms with Gasteiger partial charge in [-0.2, -0.15) is 0 Å². The van der Waals surface area contributed by atoms with E-state index < -0.39 is 6.04 Å². The predicted molar refractivity (Wildman–Crippen MR) is 158 cm³/mol. The summed E-state index contributed by atoms with van der Waals surface area (Å²) in [6, 6.07) is 16.9. The molecule has 0 radical (unpaired) electrons. The lowest BCUT2D eigenvalue weighted by Crippen LogP contribution is -2.41. The number of anilines is 1. The van der Waals surface area contributed by atoms with E-state index in [-0.39, 0.29) is 24.7 Å². The molecule has 4 rings (SSSR count). The fourth-order valence-electron chi connectivity index (χ4n) is 4.20. The molecular weight excluding hydrogens is 632 g/mol. The van der Waals surface area contributed by atoms with E-state index in [4.69, 9.17) is 19.2 Å². The molecule has 1 N–H and O–H groups in total. The normalized spacial score (nSPS) is 11.7. The lowest BCUT2D eigenvalue weighted by atomic mass is 10.1. The second-order valence-corrected chi connectivity index (χ2v) is 10.2. The Hall–Kier alpha value is -3.41. The number of hydrogen-bond donors (Lipinski definition) is 1. The number of amides is 2. The van der Waals surface area contributed by atoms with E-state index in [0.717, 1.165) is 4.47 Å². The van der Waals surface area contributed by atoms with Gasteiger partial charge in [-0.15, -0.1) is 0 Å². The minimum absolute atomic E-state index is 0.249. The van der Waals surface area contributed by atoms with Crippen LogP contribution in [0.2, 0.25) is 0 Å². The number of ether oxygens (including phenoxy) is 3. The lowest BCUT2D eigenvalue weighted by molar-refractivity contribution is 0.137. The molecule has 0 aliphatic carbocycles. The molecular formula is C28H28Br2N4O5. The smallest absolute Gasteiger partial charge is 0.322 e. The fourth-order valence-corrected chi connectivity index (χ4v) is 5.15. The number of carbonyl (C=O) groups is 1. The number of hydrogen-bond acceptors (Lipinski definition) is 6. The molecule has 0 bridgehead atoms. The van der Waals surface area contributed by atoms with Gasteiger partial charge in [0.15, 0.2) is 0 Å². The van der Waals surface area contributed by atoms with Crippen molar-refractivity contribution in [2.45, 2.75) is 13.0 Å². The van der Waals surface area contributed by atoms with E-state index in [2.05, 4.69) is 37.2 Å². The van der Waals surface area contributed by atoms with Crippen LogP contribution >= 0.6 is 31.9 Å². The molecule has 1 aromatic heterocycles. The van der Waals surface area contributed by atoms with E-state index in [9.17, 15) is 9.59 Å². The molecule has 0 aliphatic heterocycles. The zero-order chi connectivity index (χ0) is 28.1. The average Bonchev–Trinajstić information content (AvgIpc) is 2.94. The van der Waals surface area contributed by atoms with Gasteiger partial charge in [0.2, 0.25) is 0 Å². The van der Waals surface area contributed by atoms with Crippen LogP contribution in [-0.2, 0) is 4.74 Å². The monoisotopic (exact) mass is 658 g/mol. The number of aromatic nitrogens is 2. The van der Waals surface area contributed by atoms with Crippen molar-refractivity contribution >= 4 is 54.5 Å². The van der Waals surface area contributed by atoms with Crippen molar-refractivity contribution in [1.82, 2.24) is 14.5 Å². The topological polar surface area (TPSA) is 94.9 Å². The van der Waals surface area contributed by atoms with E-state index in [1.54, 1.807) is 48.4 Å². The molecule has 0 fully saturated rings. The summed E-state index contributed by atoms with van der Waals surface area (Å²) in [5.74, 6) is 1.32. The number of rotatable bonds is 9. The maximum absolute atomic E-state index is 14.0. The highest BCUT2D eigenvalue weighted by atomic mass is 79.9. The minimum atomic E-state index is -0.649. The average molecular weight is 660 g/mol. The largest absolute Gasteiger partial charge is 0.497 e. The Morgan fingerprint density at radius 3 is 2.46 bits per heavy atom. The quantitative estimate of drug-likeness (QED) is 0.231. The van der Waals surface area contributed by atoms with Crippen molar-refractivity contribution in [3.63, 3.8) is 0 Å². The van der Waals surface area contributed by atoms with Gasteiger partial charge in [-0.1, -0.05) is 24.3 Å². The molecule has 0 saturated carbocycles. The summed E-state index contributed by atoms with van der Waals surface area (Å²) in [6.07, 6.45) is 0. The molecule has 0 saturated heterocycles. The van der Waals surface area contributed by atoms with Crippen LogP contribution in [-0.4, -0.2) is 55.0 Å². The summed E-state index contributed by atoms with van der Waals surface area (Å²) in [5, 5.41) is 3.38. The third-order valence-electron chi connectivity index (χ3n) is 6.25. The number of nitrogens with one attached hydrogen (secondary N) is 1. The van der Waals surface area contributed by atoms with Crippen molar-refractivity contribution < 1.29 is 19.0 Å². The van der Waals surface area contributed by atoms with Crippen LogP contribution in [0, 0.1) is 0 Å². The Balaban J connectivity index is 1.92. The van der Waals surface area contributed by atoms with Gasteiger partial charge in [0, 0.05) is 30.3 Å². The van der Waals surface area contributed by atoms with Crippen molar-refractivity contribution in [2.24, 2.45) is 0 Å². The Bertz CT molecular complexity index is 1560. The number of halogens is 2. The molecule has 39 heavy (non-hydrogen) atoms. The van der Waals surface area contributed by atoms with E-state index in [1.807, 2.05) is 31.2 Å². The first-order valence-corrected chi connectivity index (χ1v) is 13.6. The van der Waals surface area contributed by atoms with E-state index in [1.165, 1.54) is 18.8 Å². The van der Waals surface area contributed by atoms with Gasteiger partial charge in [0.25, 0.3) is 5.56 Å². The second kappa shape index (κ2) is 12.6. The maximum Gasteiger partial charge on any atom is 0.322 e. The van der Waals surface area contributed by atoms with E-state index >= 15 is 0 Å². The molecule has 1 heterocycles. The lowest BCUT2D eigenvalue weighted by Gasteiger charge is -2.31. The molecule has 1 unspecified atom stereocenters. The number of nitrogens with zero attached hydrogens (tertiary/aromatic N) is 3. The van der Waals surface area contributed by atoms with Crippen molar-refractivity contribution in [1.29, 1.82) is 0 Å². The van der Waals surface area contributed by atoms with Gasteiger partial charge in [-0.25, -0.2) is 9.78 Å². The molecule has 2 amide bonds. The molecule has 204 valence electrons. The Kier molecular flexibility index (Phi) is 9.26. The van der Waals surface area contributed by atoms with Gasteiger partial charge < -0.3 is 24.4 Å². The van der Waals surface area contributed by atoms with Crippen LogP contribution in [0.5, 0.6) is 11.5 Å². The molecule has 9 nitrogen and oxygen atoms in total. The first-order chi connectivity index (χ1) is 18.8. The van der Waals surface area contributed by atoms with Crippen LogP contribution in [0.15, 0.2) is 74.4 Å². The predicted octanol–water partition coefficient (Wildman–Crippen LogP) is 6.17. The summed E-state index contributed by atoms with van der Waals surface area (Å²) < 4.78 is 19.1. The first-order valence-electron chi connectivity index (χ1n) is 12.0. The highest BCUT2D eigenvalue weighted by Gasteiger charge is 2.28. The summed E-state index contributed by atoms with van der Waals surface area (Å²) in [4.78, 5) is 34.1. The summed E-state index contributed by atoms with van der Waals surface area (Å²) in [5.41, 5.74) is 1.30. The van der Waals surface area contributed by atoms with E-state index in [0.29, 0.717) is 44.1 Å². The van der Waals surface area contributed by atoms with Crippen LogP contribution < -0.4 is 20.3 Å². The van der Waals surface area contributed by atoms with Crippen LogP contribution in [0.3, 0.4) is 0 Å². The summed E-state index contributed by atoms with van der Waals surface area (Å²) >= 11 is 7.07. The highest BCUT2D eigenvalue weighted by molar-refractivity contribution is 9.11. The van der Waals surface area contributed by atoms with Gasteiger partial charge >= 0.3 is 6.03 Å². The number of fused-ring (bicyclic) bond motifs is 1. The Morgan fingerprint density at radius 2 is 1.77 bits per heavy atom. The van der Waals surface area contributed by atoms with Gasteiger partial charge in [0.1, 0.15) is 17.3 Å². The number of urea groups is 1. The molecule has 0 spiro atoms. The fraction of sp³-hybridized carbons (Fsp3) is 0.250. The second-order valence-electron chi connectivity index (χ2n) is 8.56. The van der Waals surface area contributed by atoms with Crippen LogP contribution in [0.4, 0.5) is 10.5 Å². The van der Waals surface area contributed by atoms with Gasteiger partial charge in [0.05, 0.1) is 53.6 Å². The SMILES string of the molecule is COCCN(C(=O)Nc1ccccc1Br)C(C)c1nc2ccccc2c(=O)n1-c1cc(OC)cc(OC)c1Br. The number of para-hydroxylation sites is 2. The summed E-state index contributed by atoms with van der Waals surface area (Å²) in [7, 11) is 4.64. The Labute approximate surface area is 243 Å². The maximum atomic E-state index is 14.0. The third kappa shape index (κ3) is 5.95. The Morgan fingerprint density at radius 1 is 1.05 bits per heavy atom. The number of carbonyl (C=O) groups excluding carboxylic acids is 1. The highest BCUT2D eigenvalue weighted by Crippen LogP contribution is 2.37. The molecule has 4 aromatic rings. The standard InChI is InChI=1S/C28H28Br2N4O5/c1-17(33(13-14-37-2)28(36)32-22-12-8-6-10-20(22)29)26-31-21-11-7-5-9-19(21)27(35)34(26)23-15-18(38-3)16-24(39-4)25(23)30/h5-12,15-17H,13-14H2,1-4H3,(H,32,36). The minimum Gasteiger partial charge on any atom is -0.497 e. The van der Waals surface area contributed by atoms with Gasteiger partial charge in [-0.3, -0.25) is 9.36 Å². The van der Waals surface area contributed by atoms with Crippen LogP contribution in [0.25, 0.3) is 16.6 Å². The zero-order valence-electron chi connectivity index (χ0n) is 21.9. The first kappa shape index (κ1) is 28.6. The van der Waals surface area contributed by atoms with Gasteiger partial charge in [-0.05, 0) is 63.0 Å². The third-order valence-corrected chi connectivity index (χ3v) is 7.73. The van der Waals surface area contributed by atoms with Crippen molar-refractivity contribution in [3.05, 3.63) is 85.8 Å². The zero-order valence-corrected chi connectivity index (χ0v) is 25.1. The molecule has 3 aromatic carbocycles. The van der Waals surface area contributed by atoms with Crippen LogP contribution in [0.1, 0.15) is 18.8 Å². The number of methoxy groups -OCH3 is 3. The molecule has 11 heteroatoms. The molecule has 1 atom stereocenters. The van der Waals surface area contributed by atoms with Crippen molar-refractivity contribution in [3.8, 4) is 17.2 Å². The number of benzene rings is 3.